The van der Waals surface area contributed by atoms with Gasteiger partial charge in [0.05, 0.1) is 5.25 Å². The largest absolute Gasteiger partial charge is 0.325 e. The summed E-state index contributed by atoms with van der Waals surface area (Å²) in [5, 5.41) is 12.1. The van der Waals surface area contributed by atoms with Gasteiger partial charge in [0.15, 0.2) is 11.0 Å². The van der Waals surface area contributed by atoms with Gasteiger partial charge in [-0.1, -0.05) is 49.9 Å². The van der Waals surface area contributed by atoms with Gasteiger partial charge in [0.1, 0.15) is 0 Å². The summed E-state index contributed by atoms with van der Waals surface area (Å²) in [5.74, 6) is 1.05. The van der Waals surface area contributed by atoms with Crippen molar-refractivity contribution in [1.82, 2.24) is 19.7 Å². The van der Waals surface area contributed by atoms with Crippen molar-refractivity contribution in [2.75, 3.05) is 5.32 Å². The molecule has 0 radical (unpaired) electrons. The predicted molar refractivity (Wildman–Crippen MR) is 123 cm³/mol. The first-order chi connectivity index (χ1) is 14.5. The second-order valence-corrected chi connectivity index (χ2v) is 8.40. The van der Waals surface area contributed by atoms with Crippen LogP contribution in [-0.2, 0) is 11.3 Å². The highest BCUT2D eigenvalue weighted by Gasteiger charge is 2.21. The Morgan fingerprint density at radius 2 is 1.93 bits per heavy atom. The van der Waals surface area contributed by atoms with Gasteiger partial charge in [-0.3, -0.25) is 14.3 Å². The quantitative estimate of drug-likeness (QED) is 0.382. The fourth-order valence-corrected chi connectivity index (χ4v) is 3.95. The minimum atomic E-state index is -0.340. The van der Waals surface area contributed by atoms with Crippen molar-refractivity contribution in [2.45, 2.75) is 50.1 Å². The number of rotatable bonds is 9. The molecule has 0 bridgehead atoms. The topological polar surface area (TPSA) is 72.7 Å². The molecule has 0 aliphatic carbocycles. The molecule has 3 aromatic rings. The van der Waals surface area contributed by atoms with Gasteiger partial charge in [-0.25, -0.2) is 0 Å². The number of aromatic nitrogens is 4. The maximum atomic E-state index is 12.9. The van der Waals surface area contributed by atoms with E-state index in [1.165, 1.54) is 11.8 Å². The van der Waals surface area contributed by atoms with E-state index in [-0.39, 0.29) is 11.2 Å². The number of nitrogens with zero attached hydrogens (tertiary/aromatic N) is 4. The zero-order valence-corrected chi connectivity index (χ0v) is 18.4. The van der Waals surface area contributed by atoms with Crippen LogP contribution in [0.15, 0.2) is 66.6 Å². The van der Waals surface area contributed by atoms with Crippen LogP contribution in [0.1, 0.15) is 38.7 Å². The SMILES string of the molecule is C=CCn1c(S[C@@H](C)C(=O)Nc2ccccc2[C@H](C)CC)nnc1-c1ccncc1. The Kier molecular flexibility index (Phi) is 7.41. The Labute approximate surface area is 181 Å². The van der Waals surface area contributed by atoms with E-state index in [0.29, 0.717) is 17.6 Å². The first-order valence-electron chi connectivity index (χ1n) is 10.1. The summed E-state index contributed by atoms with van der Waals surface area (Å²) in [6.45, 7) is 10.6. The molecule has 2 aromatic heterocycles. The average Bonchev–Trinajstić information content (AvgIpc) is 3.16. The smallest absolute Gasteiger partial charge is 0.237 e. The molecule has 1 amide bonds. The van der Waals surface area contributed by atoms with E-state index in [4.69, 9.17) is 0 Å². The molecule has 0 saturated carbocycles. The van der Waals surface area contributed by atoms with Crippen LogP contribution in [0.4, 0.5) is 5.69 Å². The van der Waals surface area contributed by atoms with Gasteiger partial charge >= 0.3 is 0 Å². The molecule has 0 fully saturated rings. The molecule has 30 heavy (non-hydrogen) atoms. The lowest BCUT2D eigenvalue weighted by atomic mass is 9.97. The number of para-hydroxylation sites is 1. The van der Waals surface area contributed by atoms with Crippen LogP contribution in [-0.4, -0.2) is 30.9 Å². The summed E-state index contributed by atoms with van der Waals surface area (Å²) >= 11 is 1.39. The van der Waals surface area contributed by atoms with E-state index < -0.39 is 0 Å². The lowest BCUT2D eigenvalue weighted by Crippen LogP contribution is -2.23. The number of nitrogens with one attached hydrogen (secondary N) is 1. The van der Waals surface area contributed by atoms with Crippen LogP contribution in [0.25, 0.3) is 11.4 Å². The summed E-state index contributed by atoms with van der Waals surface area (Å²) in [7, 11) is 0. The van der Waals surface area contributed by atoms with Gasteiger partial charge in [0.2, 0.25) is 5.91 Å². The molecular weight excluding hydrogens is 394 g/mol. The summed E-state index contributed by atoms with van der Waals surface area (Å²) in [6.07, 6.45) is 6.25. The summed E-state index contributed by atoms with van der Waals surface area (Å²) in [5.41, 5.74) is 2.94. The maximum Gasteiger partial charge on any atom is 0.237 e. The molecule has 0 unspecified atom stereocenters. The van der Waals surface area contributed by atoms with Crippen molar-refractivity contribution < 1.29 is 4.79 Å². The number of amides is 1. The molecule has 0 spiro atoms. The molecule has 0 aliphatic heterocycles. The van der Waals surface area contributed by atoms with Gasteiger partial charge in [0, 0.05) is 30.2 Å². The van der Waals surface area contributed by atoms with E-state index in [1.807, 2.05) is 41.8 Å². The third-order valence-corrected chi connectivity index (χ3v) is 6.06. The first-order valence-corrected chi connectivity index (χ1v) is 10.9. The Hall–Kier alpha value is -2.93. The molecule has 7 heteroatoms. The van der Waals surface area contributed by atoms with Gasteiger partial charge < -0.3 is 5.32 Å². The fourth-order valence-electron chi connectivity index (χ4n) is 3.09. The van der Waals surface area contributed by atoms with E-state index in [0.717, 1.165) is 29.1 Å². The minimum Gasteiger partial charge on any atom is -0.325 e. The summed E-state index contributed by atoms with van der Waals surface area (Å²) < 4.78 is 1.96. The molecule has 1 aromatic carbocycles. The number of carbonyl (C=O) groups excluding carboxylic acids is 1. The zero-order chi connectivity index (χ0) is 21.5. The number of carbonyl (C=O) groups is 1. The van der Waals surface area contributed by atoms with Gasteiger partial charge in [-0.05, 0) is 43.0 Å². The highest BCUT2D eigenvalue weighted by Crippen LogP contribution is 2.29. The van der Waals surface area contributed by atoms with Crippen molar-refractivity contribution in [2.24, 2.45) is 0 Å². The van der Waals surface area contributed by atoms with Crippen molar-refractivity contribution in [3.8, 4) is 11.4 Å². The Balaban J connectivity index is 1.78. The number of benzene rings is 1. The molecule has 6 nitrogen and oxygen atoms in total. The summed E-state index contributed by atoms with van der Waals surface area (Å²) in [4.78, 5) is 17.0. The Bertz CT molecular complexity index is 1000. The summed E-state index contributed by atoms with van der Waals surface area (Å²) in [6, 6.07) is 11.8. The van der Waals surface area contributed by atoms with E-state index in [1.54, 1.807) is 18.5 Å². The highest BCUT2D eigenvalue weighted by molar-refractivity contribution is 8.00. The number of allylic oxidation sites excluding steroid dienone is 1. The van der Waals surface area contributed by atoms with Crippen molar-refractivity contribution >= 4 is 23.4 Å². The van der Waals surface area contributed by atoms with E-state index >= 15 is 0 Å². The normalized spacial score (nSPS) is 12.9. The van der Waals surface area contributed by atoms with Crippen LogP contribution in [0, 0.1) is 0 Å². The lowest BCUT2D eigenvalue weighted by molar-refractivity contribution is -0.115. The molecule has 3 rings (SSSR count). The third kappa shape index (κ3) is 4.97. The molecule has 156 valence electrons. The lowest BCUT2D eigenvalue weighted by Gasteiger charge is -2.17. The molecule has 1 N–H and O–H groups in total. The van der Waals surface area contributed by atoms with Crippen LogP contribution < -0.4 is 5.32 Å². The first kappa shape index (κ1) is 21.8. The molecule has 2 heterocycles. The number of anilines is 1. The van der Waals surface area contributed by atoms with Gasteiger partial charge in [0.25, 0.3) is 0 Å². The van der Waals surface area contributed by atoms with Gasteiger partial charge in [-0.15, -0.1) is 16.8 Å². The number of hydrogen-bond acceptors (Lipinski definition) is 5. The van der Waals surface area contributed by atoms with Crippen LogP contribution in [0.5, 0.6) is 0 Å². The maximum absolute atomic E-state index is 12.9. The van der Waals surface area contributed by atoms with Gasteiger partial charge in [-0.2, -0.15) is 0 Å². The van der Waals surface area contributed by atoms with E-state index in [9.17, 15) is 4.79 Å². The highest BCUT2D eigenvalue weighted by atomic mass is 32.2. The molecule has 0 saturated heterocycles. The standard InChI is InChI=1S/C23H27N5OS/c1-5-15-28-21(18-11-13-24-14-12-18)26-27-23(28)30-17(4)22(29)25-20-10-8-7-9-19(20)16(3)6-2/h5,7-14,16-17H,1,6,15H2,2-4H3,(H,25,29)/t16-,17+/m1/s1. The number of thioether (sulfide) groups is 1. The molecular formula is C23H27N5OS. The zero-order valence-electron chi connectivity index (χ0n) is 17.6. The second kappa shape index (κ2) is 10.2. The van der Waals surface area contributed by atoms with Crippen molar-refractivity contribution in [3.05, 3.63) is 67.0 Å². The van der Waals surface area contributed by atoms with Crippen LogP contribution >= 0.6 is 11.8 Å². The average molecular weight is 422 g/mol. The minimum absolute atomic E-state index is 0.0608. The molecule has 0 aliphatic rings. The Morgan fingerprint density at radius 1 is 1.20 bits per heavy atom. The third-order valence-electron chi connectivity index (χ3n) is 4.98. The Morgan fingerprint density at radius 3 is 2.63 bits per heavy atom. The number of hydrogen-bond donors (Lipinski definition) is 1. The van der Waals surface area contributed by atoms with Crippen molar-refractivity contribution in [3.63, 3.8) is 0 Å². The van der Waals surface area contributed by atoms with Crippen LogP contribution in [0.3, 0.4) is 0 Å². The predicted octanol–water partition coefficient (Wildman–Crippen LogP) is 5.16. The monoisotopic (exact) mass is 421 g/mol. The fraction of sp³-hybridized carbons (Fsp3) is 0.304. The van der Waals surface area contributed by atoms with E-state index in [2.05, 4.69) is 47.0 Å². The second-order valence-electron chi connectivity index (χ2n) is 7.09. The molecule has 2 atom stereocenters. The van der Waals surface area contributed by atoms with Crippen LogP contribution in [0.2, 0.25) is 0 Å². The number of pyridine rings is 1. The van der Waals surface area contributed by atoms with Crippen molar-refractivity contribution in [1.29, 1.82) is 0 Å².